The molecule has 66 valence electrons. The van der Waals surface area contributed by atoms with Gasteiger partial charge >= 0.3 is 5.92 Å². The van der Waals surface area contributed by atoms with E-state index in [-0.39, 0.29) is 5.76 Å². The molecule has 1 fully saturated rings. The van der Waals surface area contributed by atoms with Crippen molar-refractivity contribution in [2.75, 3.05) is 0 Å². The van der Waals surface area contributed by atoms with Crippen LogP contribution >= 0.6 is 0 Å². The summed E-state index contributed by atoms with van der Waals surface area (Å²) >= 11 is 0. The van der Waals surface area contributed by atoms with Crippen LogP contribution in [-0.2, 0) is 5.92 Å². The summed E-state index contributed by atoms with van der Waals surface area (Å²) in [6.07, 6.45) is 1.24. The minimum atomic E-state index is -2.74. The van der Waals surface area contributed by atoms with Crippen LogP contribution in [0.3, 0.4) is 0 Å². The molecule has 0 bridgehead atoms. The molecule has 0 unspecified atom stereocenters. The van der Waals surface area contributed by atoms with E-state index in [4.69, 9.17) is 4.42 Å². The molecule has 2 rings (SSSR count). The molecule has 1 saturated carbocycles. The maximum Gasteiger partial charge on any atom is 0.307 e. The molecule has 12 heavy (non-hydrogen) atoms. The van der Waals surface area contributed by atoms with E-state index in [0.29, 0.717) is 18.6 Å². The molecule has 0 N–H and O–H groups in total. The van der Waals surface area contributed by atoms with Gasteiger partial charge in [-0.3, -0.25) is 0 Å². The fraction of sp³-hybridized carbons (Fsp3) is 0.556. The lowest BCUT2D eigenvalue weighted by molar-refractivity contribution is -0.0491. The van der Waals surface area contributed by atoms with Crippen molar-refractivity contribution in [2.24, 2.45) is 5.92 Å². The van der Waals surface area contributed by atoms with Gasteiger partial charge in [0.2, 0.25) is 0 Å². The zero-order chi connectivity index (χ0) is 8.77. The molecule has 0 spiro atoms. The highest BCUT2D eigenvalue weighted by Crippen LogP contribution is 2.49. The van der Waals surface area contributed by atoms with Crippen LogP contribution in [0.1, 0.15) is 24.4 Å². The average Bonchev–Trinajstić information content (AvgIpc) is 2.75. The summed E-state index contributed by atoms with van der Waals surface area (Å²) in [5.74, 6) is -2.86. The van der Waals surface area contributed by atoms with Gasteiger partial charge in [-0.25, -0.2) is 0 Å². The minimum absolute atomic E-state index is 0.178. The Balaban J connectivity index is 2.27. The van der Waals surface area contributed by atoms with Crippen LogP contribution in [0.2, 0.25) is 0 Å². The second-order valence-electron chi connectivity index (χ2n) is 3.31. The largest absolute Gasteiger partial charge is 0.460 e. The SMILES string of the molecule is Cc1ccc(C(F)(F)C2CC2)o1. The van der Waals surface area contributed by atoms with Gasteiger partial charge in [0.15, 0.2) is 5.76 Å². The van der Waals surface area contributed by atoms with E-state index in [1.165, 1.54) is 6.07 Å². The predicted octanol–water partition coefficient (Wildman–Crippen LogP) is 3.09. The van der Waals surface area contributed by atoms with E-state index < -0.39 is 11.8 Å². The minimum Gasteiger partial charge on any atom is -0.460 e. The standard InChI is InChI=1S/C9H10F2O/c1-6-2-5-8(12-6)9(10,11)7-3-4-7/h2,5,7H,3-4H2,1H3. The van der Waals surface area contributed by atoms with Crippen LogP contribution in [0.5, 0.6) is 0 Å². The summed E-state index contributed by atoms with van der Waals surface area (Å²) in [7, 11) is 0. The van der Waals surface area contributed by atoms with Crippen molar-refractivity contribution in [3.8, 4) is 0 Å². The van der Waals surface area contributed by atoms with Crippen molar-refractivity contribution < 1.29 is 13.2 Å². The highest BCUT2D eigenvalue weighted by molar-refractivity contribution is 5.13. The first kappa shape index (κ1) is 7.77. The summed E-state index contributed by atoms with van der Waals surface area (Å²) in [6, 6.07) is 2.94. The van der Waals surface area contributed by atoms with Crippen molar-refractivity contribution in [3.05, 3.63) is 23.7 Å². The molecular weight excluding hydrogens is 162 g/mol. The summed E-state index contributed by atoms with van der Waals surface area (Å²) < 4.78 is 31.4. The molecule has 1 aliphatic carbocycles. The Morgan fingerprint density at radius 3 is 2.50 bits per heavy atom. The lowest BCUT2D eigenvalue weighted by Crippen LogP contribution is -2.14. The number of aryl methyl sites for hydroxylation is 1. The number of hydrogen-bond donors (Lipinski definition) is 0. The molecule has 1 aliphatic rings. The highest BCUT2D eigenvalue weighted by Gasteiger charge is 2.50. The second kappa shape index (κ2) is 2.31. The highest BCUT2D eigenvalue weighted by atomic mass is 19.3. The van der Waals surface area contributed by atoms with E-state index in [1.54, 1.807) is 13.0 Å². The van der Waals surface area contributed by atoms with E-state index in [1.807, 2.05) is 0 Å². The summed E-state index contributed by atoms with van der Waals surface area (Å²) in [5, 5.41) is 0. The Hall–Kier alpha value is -0.860. The number of alkyl halides is 2. The Kier molecular flexibility index (Phi) is 1.50. The first-order chi connectivity index (χ1) is 5.60. The predicted molar refractivity (Wildman–Crippen MR) is 40.1 cm³/mol. The van der Waals surface area contributed by atoms with Gasteiger partial charge in [-0.1, -0.05) is 0 Å². The van der Waals surface area contributed by atoms with E-state index >= 15 is 0 Å². The van der Waals surface area contributed by atoms with E-state index in [2.05, 4.69) is 0 Å². The maximum absolute atomic E-state index is 13.3. The lowest BCUT2D eigenvalue weighted by Gasteiger charge is -2.11. The molecule has 0 saturated heterocycles. The first-order valence-corrected chi connectivity index (χ1v) is 4.05. The van der Waals surface area contributed by atoms with Gasteiger partial charge in [-0.2, -0.15) is 8.78 Å². The monoisotopic (exact) mass is 172 g/mol. The Morgan fingerprint density at radius 2 is 2.08 bits per heavy atom. The third kappa shape index (κ3) is 1.13. The van der Waals surface area contributed by atoms with Gasteiger partial charge in [0.05, 0.1) is 0 Å². The Morgan fingerprint density at radius 1 is 1.42 bits per heavy atom. The van der Waals surface area contributed by atoms with Crippen LogP contribution in [0, 0.1) is 12.8 Å². The maximum atomic E-state index is 13.3. The Labute approximate surface area is 69.4 Å². The number of hydrogen-bond acceptors (Lipinski definition) is 1. The summed E-state index contributed by atoms with van der Waals surface area (Å²) in [4.78, 5) is 0. The molecule has 0 radical (unpaired) electrons. The summed E-state index contributed by atoms with van der Waals surface area (Å²) in [5.41, 5.74) is 0. The molecule has 1 aromatic heterocycles. The van der Waals surface area contributed by atoms with Gasteiger partial charge in [0, 0.05) is 5.92 Å². The Bertz CT molecular complexity index is 286. The van der Waals surface area contributed by atoms with Crippen LogP contribution in [-0.4, -0.2) is 0 Å². The van der Waals surface area contributed by atoms with Gasteiger partial charge < -0.3 is 4.42 Å². The normalized spacial score (nSPS) is 18.2. The fourth-order valence-corrected chi connectivity index (χ4v) is 1.26. The number of furan rings is 1. The zero-order valence-electron chi connectivity index (χ0n) is 6.81. The van der Waals surface area contributed by atoms with Crippen molar-refractivity contribution in [2.45, 2.75) is 25.7 Å². The first-order valence-electron chi connectivity index (χ1n) is 4.05. The van der Waals surface area contributed by atoms with Gasteiger partial charge in [0.1, 0.15) is 5.76 Å². The lowest BCUT2D eigenvalue weighted by atomic mass is 10.2. The molecule has 1 nitrogen and oxygen atoms in total. The van der Waals surface area contributed by atoms with Crippen LogP contribution in [0.15, 0.2) is 16.5 Å². The van der Waals surface area contributed by atoms with Crippen molar-refractivity contribution in [3.63, 3.8) is 0 Å². The molecule has 0 atom stereocenters. The molecular formula is C9H10F2O. The zero-order valence-corrected chi connectivity index (χ0v) is 6.81. The van der Waals surface area contributed by atoms with Crippen LogP contribution < -0.4 is 0 Å². The topological polar surface area (TPSA) is 13.1 Å². The molecule has 1 aromatic rings. The van der Waals surface area contributed by atoms with Crippen molar-refractivity contribution in [1.29, 1.82) is 0 Å². The van der Waals surface area contributed by atoms with Crippen LogP contribution in [0.4, 0.5) is 8.78 Å². The number of rotatable bonds is 2. The quantitative estimate of drug-likeness (QED) is 0.668. The fourth-order valence-electron chi connectivity index (χ4n) is 1.26. The molecule has 0 aromatic carbocycles. The van der Waals surface area contributed by atoms with Gasteiger partial charge in [-0.15, -0.1) is 0 Å². The molecule has 3 heteroatoms. The average molecular weight is 172 g/mol. The second-order valence-corrected chi connectivity index (χ2v) is 3.31. The van der Waals surface area contributed by atoms with Crippen molar-refractivity contribution in [1.82, 2.24) is 0 Å². The van der Waals surface area contributed by atoms with Gasteiger partial charge in [0.25, 0.3) is 0 Å². The third-order valence-electron chi connectivity index (χ3n) is 2.16. The van der Waals surface area contributed by atoms with Crippen molar-refractivity contribution >= 4 is 0 Å². The van der Waals surface area contributed by atoms with E-state index in [0.717, 1.165) is 0 Å². The smallest absolute Gasteiger partial charge is 0.307 e. The molecule has 1 heterocycles. The number of halogens is 2. The third-order valence-corrected chi connectivity index (χ3v) is 2.16. The molecule has 0 aliphatic heterocycles. The van der Waals surface area contributed by atoms with Gasteiger partial charge in [-0.05, 0) is 31.9 Å². The van der Waals surface area contributed by atoms with E-state index in [9.17, 15) is 8.78 Å². The summed E-state index contributed by atoms with van der Waals surface area (Å²) in [6.45, 7) is 1.67. The molecule has 0 amide bonds. The van der Waals surface area contributed by atoms with Crippen LogP contribution in [0.25, 0.3) is 0 Å².